The molecule has 0 aliphatic carbocycles. The third-order valence-electron chi connectivity index (χ3n) is 4.71. The molecule has 3 rings (SSSR count). The minimum absolute atomic E-state index is 0.0408. The van der Waals surface area contributed by atoms with Gasteiger partial charge in [-0.1, -0.05) is 6.07 Å². The number of benzene rings is 1. The van der Waals surface area contributed by atoms with Gasteiger partial charge in [-0.25, -0.2) is 4.79 Å². The summed E-state index contributed by atoms with van der Waals surface area (Å²) in [6, 6.07) is 6.48. The van der Waals surface area contributed by atoms with Crippen molar-refractivity contribution in [1.29, 1.82) is 0 Å². The summed E-state index contributed by atoms with van der Waals surface area (Å²) in [5.41, 5.74) is 1.14. The predicted molar refractivity (Wildman–Crippen MR) is 92.8 cm³/mol. The van der Waals surface area contributed by atoms with Gasteiger partial charge >= 0.3 is 6.03 Å². The molecule has 1 aromatic rings. The Morgan fingerprint density at radius 2 is 2.08 bits per heavy atom. The van der Waals surface area contributed by atoms with Gasteiger partial charge in [0.1, 0.15) is 13.2 Å². The van der Waals surface area contributed by atoms with Gasteiger partial charge in [-0.3, -0.25) is 0 Å². The second-order valence-electron chi connectivity index (χ2n) is 6.67. The lowest BCUT2D eigenvalue weighted by molar-refractivity contribution is 0.140. The van der Waals surface area contributed by atoms with Crippen LogP contribution in [0.1, 0.15) is 18.4 Å². The first kappa shape index (κ1) is 16.9. The molecule has 2 aliphatic heterocycles. The van der Waals surface area contributed by atoms with E-state index in [0.717, 1.165) is 49.4 Å². The maximum atomic E-state index is 12.3. The number of hydrogen-bond acceptors (Lipinski definition) is 4. The van der Waals surface area contributed by atoms with Crippen LogP contribution in [0.5, 0.6) is 11.5 Å². The summed E-state index contributed by atoms with van der Waals surface area (Å²) in [4.78, 5) is 16.5. The number of nitrogens with zero attached hydrogens (tertiary/aromatic N) is 2. The van der Waals surface area contributed by atoms with Crippen molar-refractivity contribution in [2.75, 3.05) is 46.9 Å². The molecule has 6 heteroatoms. The van der Waals surface area contributed by atoms with E-state index in [2.05, 4.69) is 24.3 Å². The van der Waals surface area contributed by atoms with Crippen LogP contribution in [0, 0.1) is 0 Å². The molecule has 0 radical (unpaired) electrons. The second-order valence-corrected chi connectivity index (χ2v) is 6.67. The zero-order valence-electron chi connectivity index (χ0n) is 14.6. The van der Waals surface area contributed by atoms with Crippen molar-refractivity contribution in [3.63, 3.8) is 0 Å². The quantitative estimate of drug-likeness (QED) is 0.912. The van der Waals surface area contributed by atoms with Crippen LogP contribution >= 0.6 is 0 Å². The van der Waals surface area contributed by atoms with E-state index in [1.165, 1.54) is 0 Å². The fraction of sp³-hybridized carbons (Fsp3) is 0.611. The molecule has 0 bridgehead atoms. The van der Waals surface area contributed by atoms with Crippen molar-refractivity contribution in [3.05, 3.63) is 23.8 Å². The molecule has 1 aromatic carbocycles. The van der Waals surface area contributed by atoms with Gasteiger partial charge in [0.15, 0.2) is 11.5 Å². The number of nitrogens with one attached hydrogen (secondary N) is 1. The Morgan fingerprint density at radius 3 is 2.88 bits per heavy atom. The van der Waals surface area contributed by atoms with Crippen molar-refractivity contribution in [2.45, 2.75) is 25.3 Å². The number of likely N-dealkylation sites (N-methyl/N-ethyl adjacent to an activating group) is 1. The summed E-state index contributed by atoms with van der Waals surface area (Å²) in [6.45, 7) is 3.48. The van der Waals surface area contributed by atoms with Crippen molar-refractivity contribution in [3.8, 4) is 11.5 Å². The lowest BCUT2D eigenvalue weighted by atomic mass is 10.1. The number of hydrogen-bond donors (Lipinski definition) is 1. The van der Waals surface area contributed by atoms with Gasteiger partial charge in [-0.05, 0) is 51.1 Å². The number of carbonyl (C=O) groups excluding carboxylic acids is 1. The van der Waals surface area contributed by atoms with E-state index < -0.39 is 0 Å². The Labute approximate surface area is 143 Å². The Bertz CT molecular complexity index is 577. The van der Waals surface area contributed by atoms with Crippen LogP contribution in [0.25, 0.3) is 0 Å². The Morgan fingerprint density at radius 1 is 1.29 bits per heavy atom. The van der Waals surface area contributed by atoms with Crippen LogP contribution in [0.3, 0.4) is 0 Å². The normalized spacial score (nSPS) is 20.1. The number of urea groups is 1. The van der Waals surface area contributed by atoms with E-state index in [9.17, 15) is 4.79 Å². The van der Waals surface area contributed by atoms with Crippen LogP contribution in [-0.4, -0.2) is 68.8 Å². The van der Waals surface area contributed by atoms with Crippen molar-refractivity contribution >= 4 is 6.03 Å². The lowest BCUT2D eigenvalue weighted by Gasteiger charge is -2.36. The highest BCUT2D eigenvalue weighted by Gasteiger charge is 2.24. The Hall–Kier alpha value is -1.95. The number of rotatable bonds is 4. The molecule has 24 heavy (non-hydrogen) atoms. The molecular weight excluding hydrogens is 306 g/mol. The van der Waals surface area contributed by atoms with E-state index in [1.54, 1.807) is 0 Å². The fourth-order valence-electron chi connectivity index (χ4n) is 3.23. The molecular formula is C18H27N3O3. The SMILES string of the molecule is CN(C)C1CCCN(C(=O)NCCc2ccc3c(c2)OCCO3)C1. The lowest BCUT2D eigenvalue weighted by Crippen LogP contribution is -2.50. The average Bonchev–Trinajstić information content (AvgIpc) is 2.61. The summed E-state index contributed by atoms with van der Waals surface area (Å²) in [7, 11) is 4.15. The molecule has 132 valence electrons. The average molecular weight is 333 g/mol. The molecule has 0 saturated carbocycles. The minimum atomic E-state index is 0.0408. The Balaban J connectivity index is 1.46. The van der Waals surface area contributed by atoms with Crippen molar-refractivity contribution < 1.29 is 14.3 Å². The molecule has 1 atom stereocenters. The van der Waals surface area contributed by atoms with E-state index in [-0.39, 0.29) is 6.03 Å². The molecule has 2 amide bonds. The predicted octanol–water partition coefficient (Wildman–Crippen LogP) is 1.74. The smallest absolute Gasteiger partial charge is 0.317 e. The standard InChI is InChI=1S/C18H27N3O3/c1-20(2)15-4-3-9-21(13-15)18(22)19-8-7-14-5-6-16-17(12-14)24-11-10-23-16/h5-6,12,15H,3-4,7-11,13H2,1-2H3,(H,19,22). The summed E-state index contributed by atoms with van der Waals surface area (Å²) >= 11 is 0. The molecule has 2 heterocycles. The fourth-order valence-corrected chi connectivity index (χ4v) is 3.23. The molecule has 0 aromatic heterocycles. The van der Waals surface area contributed by atoms with Gasteiger partial charge in [0.05, 0.1) is 0 Å². The molecule has 0 spiro atoms. The number of likely N-dealkylation sites (tertiary alicyclic amines) is 1. The number of fused-ring (bicyclic) bond motifs is 1. The summed E-state index contributed by atoms with van der Waals surface area (Å²) in [5, 5.41) is 3.04. The highest BCUT2D eigenvalue weighted by atomic mass is 16.6. The van der Waals surface area contributed by atoms with Gasteiger partial charge in [0, 0.05) is 25.7 Å². The highest BCUT2D eigenvalue weighted by molar-refractivity contribution is 5.74. The zero-order chi connectivity index (χ0) is 16.9. The van der Waals surface area contributed by atoms with Gasteiger partial charge < -0.3 is 24.6 Å². The topological polar surface area (TPSA) is 54.0 Å². The van der Waals surface area contributed by atoms with Gasteiger partial charge in [0.25, 0.3) is 0 Å². The molecule has 1 N–H and O–H groups in total. The van der Waals surface area contributed by atoms with Crippen LogP contribution in [0.4, 0.5) is 4.79 Å². The van der Waals surface area contributed by atoms with Crippen LogP contribution in [0.15, 0.2) is 18.2 Å². The van der Waals surface area contributed by atoms with E-state index >= 15 is 0 Å². The molecule has 1 saturated heterocycles. The maximum Gasteiger partial charge on any atom is 0.317 e. The number of ether oxygens (including phenoxy) is 2. The van der Waals surface area contributed by atoms with Crippen LogP contribution < -0.4 is 14.8 Å². The number of amides is 2. The first-order valence-electron chi connectivity index (χ1n) is 8.71. The Kier molecular flexibility index (Phi) is 5.45. The van der Waals surface area contributed by atoms with Gasteiger partial charge in [-0.15, -0.1) is 0 Å². The summed E-state index contributed by atoms with van der Waals surface area (Å²) < 4.78 is 11.1. The highest BCUT2D eigenvalue weighted by Crippen LogP contribution is 2.30. The van der Waals surface area contributed by atoms with Gasteiger partial charge in [0.2, 0.25) is 0 Å². The molecule has 2 aliphatic rings. The first-order valence-corrected chi connectivity index (χ1v) is 8.71. The molecule has 1 fully saturated rings. The van der Waals surface area contributed by atoms with E-state index in [0.29, 0.717) is 25.8 Å². The third kappa shape index (κ3) is 4.12. The van der Waals surface area contributed by atoms with Gasteiger partial charge in [-0.2, -0.15) is 0 Å². The molecule has 1 unspecified atom stereocenters. The minimum Gasteiger partial charge on any atom is -0.486 e. The van der Waals surface area contributed by atoms with Crippen LogP contribution in [0.2, 0.25) is 0 Å². The second kappa shape index (κ2) is 7.75. The zero-order valence-corrected chi connectivity index (χ0v) is 14.6. The summed E-state index contributed by atoms with van der Waals surface area (Å²) in [6.07, 6.45) is 3.01. The van der Waals surface area contributed by atoms with E-state index in [1.807, 2.05) is 23.1 Å². The van der Waals surface area contributed by atoms with Crippen LogP contribution in [-0.2, 0) is 6.42 Å². The third-order valence-corrected chi connectivity index (χ3v) is 4.71. The number of piperidine rings is 1. The largest absolute Gasteiger partial charge is 0.486 e. The monoisotopic (exact) mass is 333 g/mol. The molecule has 6 nitrogen and oxygen atoms in total. The van der Waals surface area contributed by atoms with Crippen molar-refractivity contribution in [1.82, 2.24) is 15.1 Å². The maximum absolute atomic E-state index is 12.3. The van der Waals surface area contributed by atoms with E-state index in [4.69, 9.17) is 9.47 Å². The van der Waals surface area contributed by atoms with Crippen molar-refractivity contribution in [2.24, 2.45) is 0 Å². The first-order chi connectivity index (χ1) is 11.6. The summed E-state index contributed by atoms with van der Waals surface area (Å²) in [5.74, 6) is 1.60. The number of carbonyl (C=O) groups is 1.